The molecule has 3 aromatic carbocycles. The molecule has 0 saturated heterocycles. The van der Waals surface area contributed by atoms with Crippen LogP contribution >= 0.6 is 11.6 Å². The number of non-ortho nitro benzene ring substituents is 1. The fourth-order valence-corrected chi connectivity index (χ4v) is 4.93. The first-order valence-electron chi connectivity index (χ1n) is 9.89. The molecule has 1 N–H and O–H groups in total. The summed E-state index contributed by atoms with van der Waals surface area (Å²) in [5, 5.41) is 14.1. The maximum absolute atomic E-state index is 13.5. The molecule has 33 heavy (non-hydrogen) atoms. The van der Waals surface area contributed by atoms with Gasteiger partial charge in [0.2, 0.25) is 5.91 Å². The highest BCUT2D eigenvalue weighted by Crippen LogP contribution is 2.29. The lowest BCUT2D eigenvalue weighted by Gasteiger charge is -2.26. The summed E-state index contributed by atoms with van der Waals surface area (Å²) in [6.07, 6.45) is 0. The van der Waals surface area contributed by atoms with Gasteiger partial charge in [-0.05, 0) is 62.2 Å². The number of rotatable bonds is 7. The van der Waals surface area contributed by atoms with Crippen LogP contribution in [0.2, 0.25) is 5.02 Å². The van der Waals surface area contributed by atoms with Gasteiger partial charge in [0.1, 0.15) is 6.54 Å². The largest absolute Gasteiger partial charge is 0.324 e. The van der Waals surface area contributed by atoms with Gasteiger partial charge in [0.15, 0.2) is 0 Å². The summed E-state index contributed by atoms with van der Waals surface area (Å²) in [7, 11) is -4.10. The van der Waals surface area contributed by atoms with Crippen molar-refractivity contribution in [3.8, 4) is 0 Å². The van der Waals surface area contributed by atoms with Crippen LogP contribution < -0.4 is 9.62 Å². The number of benzene rings is 3. The molecule has 3 aromatic rings. The quantitative estimate of drug-likeness (QED) is 0.372. The Labute approximate surface area is 197 Å². The lowest BCUT2D eigenvalue weighted by atomic mass is 10.2. The number of hydrogen-bond acceptors (Lipinski definition) is 5. The molecule has 172 valence electrons. The van der Waals surface area contributed by atoms with Crippen molar-refractivity contribution in [1.82, 2.24) is 0 Å². The van der Waals surface area contributed by atoms with Crippen molar-refractivity contribution in [3.63, 3.8) is 0 Å². The van der Waals surface area contributed by atoms with Crippen molar-refractivity contribution in [3.05, 3.63) is 92.5 Å². The van der Waals surface area contributed by atoms with E-state index < -0.39 is 27.4 Å². The van der Waals surface area contributed by atoms with E-state index >= 15 is 0 Å². The van der Waals surface area contributed by atoms with Crippen LogP contribution in [0.4, 0.5) is 17.1 Å². The number of sulfonamides is 1. The van der Waals surface area contributed by atoms with Gasteiger partial charge >= 0.3 is 0 Å². The molecule has 0 aliphatic carbocycles. The number of amides is 1. The van der Waals surface area contributed by atoms with Crippen LogP contribution in [0.3, 0.4) is 0 Å². The van der Waals surface area contributed by atoms with Crippen molar-refractivity contribution in [1.29, 1.82) is 0 Å². The first-order valence-corrected chi connectivity index (χ1v) is 11.7. The van der Waals surface area contributed by atoms with Crippen molar-refractivity contribution in [2.45, 2.75) is 25.7 Å². The Morgan fingerprint density at radius 3 is 2.27 bits per heavy atom. The summed E-state index contributed by atoms with van der Waals surface area (Å²) in [4.78, 5) is 23.5. The number of nitro groups is 1. The molecule has 1 amide bonds. The standard InChI is InChI=1S/C23H22ClN3O5S/c1-15-4-9-20(10-5-15)33(31,32)26(22-11-7-18(24)12-17(22)3)14-23(28)25-21-13-19(27(29)30)8-6-16(21)2/h4-13H,14H2,1-3H3,(H,25,28). The number of nitrogens with one attached hydrogen (secondary N) is 1. The Balaban J connectivity index is 2.00. The number of anilines is 2. The van der Waals surface area contributed by atoms with Crippen LogP contribution in [-0.2, 0) is 14.8 Å². The molecule has 10 heteroatoms. The minimum atomic E-state index is -4.10. The summed E-state index contributed by atoms with van der Waals surface area (Å²) in [6, 6.07) is 15.1. The average Bonchev–Trinajstić information content (AvgIpc) is 2.74. The Kier molecular flexibility index (Phi) is 7.04. The lowest BCUT2D eigenvalue weighted by Crippen LogP contribution is -2.38. The molecular weight excluding hydrogens is 466 g/mol. The molecule has 0 bridgehead atoms. The predicted molar refractivity (Wildman–Crippen MR) is 128 cm³/mol. The molecule has 0 spiro atoms. The molecule has 0 atom stereocenters. The van der Waals surface area contributed by atoms with Crippen molar-refractivity contribution < 1.29 is 18.1 Å². The summed E-state index contributed by atoms with van der Waals surface area (Å²) >= 11 is 6.04. The Bertz CT molecular complexity index is 1320. The van der Waals surface area contributed by atoms with E-state index in [1.54, 1.807) is 38.1 Å². The number of nitro benzene ring substituents is 1. The minimum Gasteiger partial charge on any atom is -0.324 e. The maximum atomic E-state index is 13.5. The Hall–Kier alpha value is -3.43. The van der Waals surface area contributed by atoms with Crippen LogP contribution in [-0.4, -0.2) is 25.8 Å². The van der Waals surface area contributed by atoms with Crippen LogP contribution in [0.15, 0.2) is 65.6 Å². The number of aryl methyl sites for hydroxylation is 3. The van der Waals surface area contributed by atoms with E-state index in [0.717, 1.165) is 9.87 Å². The Morgan fingerprint density at radius 1 is 1.00 bits per heavy atom. The zero-order valence-corrected chi connectivity index (χ0v) is 19.8. The third-order valence-corrected chi connectivity index (χ3v) is 7.04. The van der Waals surface area contributed by atoms with E-state index in [-0.39, 0.29) is 16.3 Å². The van der Waals surface area contributed by atoms with Crippen LogP contribution in [0.1, 0.15) is 16.7 Å². The van der Waals surface area contributed by atoms with Crippen LogP contribution in [0, 0.1) is 30.9 Å². The first kappa shape index (κ1) is 24.2. The molecular formula is C23H22ClN3O5S. The van der Waals surface area contributed by atoms with Crippen LogP contribution in [0.5, 0.6) is 0 Å². The third-order valence-electron chi connectivity index (χ3n) is 5.03. The molecule has 0 fully saturated rings. The third kappa shape index (κ3) is 5.50. The van der Waals surface area contributed by atoms with Gasteiger partial charge in [-0.1, -0.05) is 35.4 Å². The van der Waals surface area contributed by atoms with E-state index in [1.807, 2.05) is 6.92 Å². The molecule has 0 saturated carbocycles. The van der Waals surface area contributed by atoms with Crippen molar-refractivity contribution in [2.75, 3.05) is 16.2 Å². The van der Waals surface area contributed by atoms with Crippen LogP contribution in [0.25, 0.3) is 0 Å². The molecule has 8 nitrogen and oxygen atoms in total. The van der Waals surface area contributed by atoms with Gasteiger partial charge < -0.3 is 5.32 Å². The smallest absolute Gasteiger partial charge is 0.271 e. The van der Waals surface area contributed by atoms with Gasteiger partial charge in [0.25, 0.3) is 15.7 Å². The molecule has 3 rings (SSSR count). The fourth-order valence-electron chi connectivity index (χ4n) is 3.21. The van der Waals surface area contributed by atoms with Gasteiger partial charge in [-0.3, -0.25) is 19.2 Å². The number of halogens is 1. The van der Waals surface area contributed by atoms with Gasteiger partial charge in [-0.15, -0.1) is 0 Å². The summed E-state index contributed by atoms with van der Waals surface area (Å²) in [6.45, 7) is 4.68. The number of hydrogen-bond donors (Lipinski definition) is 1. The van der Waals surface area contributed by atoms with Gasteiger partial charge in [0, 0.05) is 17.2 Å². The highest BCUT2D eigenvalue weighted by molar-refractivity contribution is 7.92. The summed E-state index contributed by atoms with van der Waals surface area (Å²) in [5.74, 6) is -0.649. The monoisotopic (exact) mass is 487 g/mol. The van der Waals surface area contributed by atoms with Crippen molar-refractivity contribution >= 4 is 44.6 Å². The average molecular weight is 488 g/mol. The Morgan fingerprint density at radius 2 is 1.67 bits per heavy atom. The molecule has 0 heterocycles. The van der Waals surface area contributed by atoms with E-state index in [0.29, 0.717) is 21.8 Å². The van der Waals surface area contributed by atoms with Crippen molar-refractivity contribution in [2.24, 2.45) is 0 Å². The molecule has 0 aromatic heterocycles. The highest BCUT2D eigenvalue weighted by Gasteiger charge is 2.28. The van der Waals surface area contributed by atoms with Gasteiger partial charge in [-0.2, -0.15) is 0 Å². The molecule has 0 aliphatic heterocycles. The molecule has 0 radical (unpaired) electrons. The first-order chi connectivity index (χ1) is 15.5. The van der Waals surface area contributed by atoms with Gasteiger partial charge in [0.05, 0.1) is 21.2 Å². The normalized spacial score (nSPS) is 11.2. The predicted octanol–water partition coefficient (Wildman–Crippen LogP) is 5.01. The zero-order valence-electron chi connectivity index (χ0n) is 18.2. The number of carbonyl (C=O) groups excluding carboxylic acids is 1. The second-order valence-electron chi connectivity index (χ2n) is 7.56. The maximum Gasteiger partial charge on any atom is 0.271 e. The number of nitrogens with zero attached hydrogens (tertiary/aromatic N) is 2. The highest BCUT2D eigenvalue weighted by atomic mass is 35.5. The number of carbonyl (C=O) groups is 1. The second kappa shape index (κ2) is 9.60. The fraction of sp³-hybridized carbons (Fsp3) is 0.174. The SMILES string of the molecule is Cc1ccc(S(=O)(=O)N(CC(=O)Nc2cc([N+](=O)[O-])ccc2C)c2ccc(Cl)cc2C)cc1. The minimum absolute atomic E-state index is 0.0294. The zero-order chi connectivity index (χ0) is 24.3. The summed E-state index contributed by atoms with van der Waals surface area (Å²) in [5.41, 5.74) is 2.40. The van der Waals surface area contributed by atoms with E-state index in [4.69, 9.17) is 11.6 Å². The second-order valence-corrected chi connectivity index (χ2v) is 9.86. The topological polar surface area (TPSA) is 110 Å². The van der Waals surface area contributed by atoms with E-state index in [2.05, 4.69) is 5.32 Å². The molecule has 0 aliphatic rings. The lowest BCUT2D eigenvalue weighted by molar-refractivity contribution is -0.384. The molecule has 0 unspecified atom stereocenters. The van der Waals surface area contributed by atoms with E-state index in [9.17, 15) is 23.3 Å². The summed E-state index contributed by atoms with van der Waals surface area (Å²) < 4.78 is 28.0. The van der Waals surface area contributed by atoms with Gasteiger partial charge in [-0.25, -0.2) is 8.42 Å². The van der Waals surface area contributed by atoms with E-state index in [1.165, 1.54) is 36.4 Å².